The van der Waals surface area contributed by atoms with E-state index in [2.05, 4.69) is 0 Å². The fourth-order valence-corrected chi connectivity index (χ4v) is 2.90. The molecule has 3 rings (SSSR count). The number of hydrogen-bond acceptors (Lipinski definition) is 4. The predicted octanol–water partition coefficient (Wildman–Crippen LogP) is 2.92. The SMILES string of the molecule is O=C(O)c1cc(=O)c(OCc2ccccc2)c(-c2ccc(F)cc2)n1CCO. The van der Waals surface area contributed by atoms with Crippen LogP contribution < -0.4 is 10.2 Å². The minimum atomic E-state index is -1.32. The summed E-state index contributed by atoms with van der Waals surface area (Å²) in [6, 6.07) is 15.4. The molecule has 144 valence electrons. The molecule has 1 aromatic heterocycles. The zero-order chi connectivity index (χ0) is 20.1. The quantitative estimate of drug-likeness (QED) is 0.655. The Bertz CT molecular complexity index is 1030. The van der Waals surface area contributed by atoms with Crippen molar-refractivity contribution in [3.05, 3.63) is 88.0 Å². The zero-order valence-electron chi connectivity index (χ0n) is 14.8. The normalized spacial score (nSPS) is 10.6. The van der Waals surface area contributed by atoms with Crippen LogP contribution in [0.5, 0.6) is 5.75 Å². The van der Waals surface area contributed by atoms with Crippen LogP contribution in [0, 0.1) is 5.82 Å². The Morgan fingerprint density at radius 2 is 1.75 bits per heavy atom. The molecule has 0 aliphatic carbocycles. The van der Waals surface area contributed by atoms with E-state index in [-0.39, 0.29) is 36.9 Å². The number of rotatable bonds is 7. The number of nitrogens with zero attached hydrogens (tertiary/aromatic N) is 1. The Kier molecular flexibility index (Phi) is 5.86. The molecule has 7 heteroatoms. The molecule has 0 fully saturated rings. The van der Waals surface area contributed by atoms with Crippen LogP contribution in [0.2, 0.25) is 0 Å². The van der Waals surface area contributed by atoms with Crippen molar-refractivity contribution in [2.24, 2.45) is 0 Å². The number of pyridine rings is 1. The second-order valence-electron chi connectivity index (χ2n) is 6.03. The number of aliphatic hydroxyl groups excluding tert-OH is 1. The maximum absolute atomic E-state index is 13.4. The van der Waals surface area contributed by atoms with Crippen LogP contribution in [0.1, 0.15) is 16.1 Å². The number of aromatic nitrogens is 1. The van der Waals surface area contributed by atoms with Crippen molar-refractivity contribution in [2.75, 3.05) is 6.61 Å². The molecule has 1 heterocycles. The van der Waals surface area contributed by atoms with Crippen LogP contribution in [-0.2, 0) is 13.2 Å². The zero-order valence-corrected chi connectivity index (χ0v) is 14.8. The molecule has 0 radical (unpaired) electrons. The first-order valence-electron chi connectivity index (χ1n) is 8.56. The molecule has 0 aliphatic rings. The third kappa shape index (κ3) is 4.10. The molecular weight excluding hydrogens is 365 g/mol. The number of benzene rings is 2. The molecule has 0 aliphatic heterocycles. The Balaban J connectivity index is 2.18. The number of hydrogen-bond donors (Lipinski definition) is 2. The summed E-state index contributed by atoms with van der Waals surface area (Å²) in [7, 11) is 0. The predicted molar refractivity (Wildman–Crippen MR) is 101 cm³/mol. The van der Waals surface area contributed by atoms with Gasteiger partial charge in [0, 0.05) is 18.2 Å². The average Bonchev–Trinajstić information content (AvgIpc) is 2.69. The summed E-state index contributed by atoms with van der Waals surface area (Å²) in [5.41, 5.74) is 0.503. The van der Waals surface area contributed by atoms with Crippen molar-refractivity contribution in [1.82, 2.24) is 4.57 Å². The minimum Gasteiger partial charge on any atom is -0.483 e. The Hall–Kier alpha value is -3.45. The van der Waals surface area contributed by atoms with Gasteiger partial charge in [0.2, 0.25) is 5.43 Å². The van der Waals surface area contributed by atoms with E-state index in [1.165, 1.54) is 28.8 Å². The van der Waals surface area contributed by atoms with Crippen molar-refractivity contribution in [1.29, 1.82) is 0 Å². The molecule has 6 nitrogen and oxygen atoms in total. The van der Waals surface area contributed by atoms with E-state index in [0.717, 1.165) is 11.6 Å². The number of carboxylic acid groups (broad SMARTS) is 1. The third-order valence-corrected chi connectivity index (χ3v) is 4.15. The fraction of sp³-hybridized carbons (Fsp3) is 0.143. The van der Waals surface area contributed by atoms with Gasteiger partial charge in [0.15, 0.2) is 5.75 Å². The molecule has 0 unspecified atom stereocenters. The van der Waals surface area contributed by atoms with E-state index in [1.807, 2.05) is 30.3 Å². The van der Waals surface area contributed by atoms with Crippen LogP contribution in [0.3, 0.4) is 0 Å². The van der Waals surface area contributed by atoms with E-state index in [9.17, 15) is 24.2 Å². The van der Waals surface area contributed by atoms with E-state index in [0.29, 0.717) is 5.56 Å². The minimum absolute atomic E-state index is 0.0612. The Labute approximate surface area is 160 Å². The lowest BCUT2D eigenvalue weighted by Crippen LogP contribution is -2.22. The average molecular weight is 383 g/mol. The van der Waals surface area contributed by atoms with Crippen LogP contribution in [0.4, 0.5) is 4.39 Å². The highest BCUT2D eigenvalue weighted by atomic mass is 19.1. The summed E-state index contributed by atoms with van der Waals surface area (Å²) in [5.74, 6) is -1.85. The molecule has 28 heavy (non-hydrogen) atoms. The molecule has 2 N–H and O–H groups in total. The number of aromatic carboxylic acids is 1. The van der Waals surface area contributed by atoms with Gasteiger partial charge in [-0.2, -0.15) is 0 Å². The highest BCUT2D eigenvalue weighted by Gasteiger charge is 2.22. The van der Waals surface area contributed by atoms with Gasteiger partial charge in [0.25, 0.3) is 0 Å². The number of carboxylic acids is 1. The third-order valence-electron chi connectivity index (χ3n) is 4.15. The maximum Gasteiger partial charge on any atom is 0.352 e. The van der Waals surface area contributed by atoms with Gasteiger partial charge in [-0.25, -0.2) is 9.18 Å². The van der Waals surface area contributed by atoms with Gasteiger partial charge in [0.05, 0.1) is 12.3 Å². The summed E-state index contributed by atoms with van der Waals surface area (Å²) in [6.45, 7) is -0.332. The van der Waals surface area contributed by atoms with Gasteiger partial charge in [-0.15, -0.1) is 0 Å². The van der Waals surface area contributed by atoms with Crippen molar-refractivity contribution in [3.63, 3.8) is 0 Å². The largest absolute Gasteiger partial charge is 0.483 e. The van der Waals surface area contributed by atoms with Crippen molar-refractivity contribution < 1.29 is 24.1 Å². The lowest BCUT2D eigenvalue weighted by molar-refractivity contribution is 0.0682. The van der Waals surface area contributed by atoms with E-state index < -0.39 is 17.2 Å². The first-order chi connectivity index (χ1) is 13.5. The summed E-state index contributed by atoms with van der Waals surface area (Å²) in [4.78, 5) is 24.3. The molecule has 0 saturated carbocycles. The van der Waals surface area contributed by atoms with Gasteiger partial charge < -0.3 is 19.5 Å². The summed E-state index contributed by atoms with van der Waals surface area (Å²) in [6.07, 6.45) is 0. The van der Waals surface area contributed by atoms with Crippen LogP contribution in [0.25, 0.3) is 11.3 Å². The van der Waals surface area contributed by atoms with E-state index >= 15 is 0 Å². The Morgan fingerprint density at radius 3 is 2.36 bits per heavy atom. The molecule has 0 amide bonds. The van der Waals surface area contributed by atoms with Crippen molar-refractivity contribution in [2.45, 2.75) is 13.2 Å². The number of ether oxygens (including phenoxy) is 1. The smallest absolute Gasteiger partial charge is 0.352 e. The van der Waals surface area contributed by atoms with E-state index in [4.69, 9.17) is 4.74 Å². The molecule has 3 aromatic rings. The first kappa shape index (κ1) is 19.3. The molecular formula is C21H18FNO5. The summed E-state index contributed by atoms with van der Waals surface area (Å²) < 4.78 is 20.4. The second-order valence-corrected chi connectivity index (χ2v) is 6.03. The standard InChI is InChI=1S/C21H18FNO5/c22-16-8-6-15(7-9-16)19-20(28-13-14-4-2-1-3-5-14)18(25)12-17(21(26)27)23(19)10-11-24/h1-9,12,24H,10-11,13H2,(H,26,27). The second kappa shape index (κ2) is 8.49. The van der Waals surface area contributed by atoms with Crippen LogP contribution >= 0.6 is 0 Å². The van der Waals surface area contributed by atoms with Crippen LogP contribution in [0.15, 0.2) is 65.5 Å². The highest BCUT2D eigenvalue weighted by molar-refractivity contribution is 5.87. The number of halogens is 1. The van der Waals surface area contributed by atoms with Gasteiger partial charge in [-0.3, -0.25) is 4.79 Å². The lowest BCUT2D eigenvalue weighted by atomic mass is 10.1. The fourth-order valence-electron chi connectivity index (χ4n) is 2.90. The summed E-state index contributed by atoms with van der Waals surface area (Å²) in [5, 5.41) is 18.9. The Morgan fingerprint density at radius 1 is 1.07 bits per heavy atom. The molecule has 2 aromatic carbocycles. The van der Waals surface area contributed by atoms with Crippen molar-refractivity contribution in [3.8, 4) is 17.0 Å². The number of carbonyl (C=O) groups is 1. The highest BCUT2D eigenvalue weighted by Crippen LogP contribution is 2.29. The molecule has 0 bridgehead atoms. The molecule has 0 saturated heterocycles. The monoisotopic (exact) mass is 383 g/mol. The van der Waals surface area contributed by atoms with Gasteiger partial charge in [0.1, 0.15) is 18.1 Å². The first-order valence-corrected chi connectivity index (χ1v) is 8.56. The maximum atomic E-state index is 13.4. The lowest BCUT2D eigenvalue weighted by Gasteiger charge is -2.20. The van der Waals surface area contributed by atoms with Crippen LogP contribution in [-0.4, -0.2) is 27.4 Å². The van der Waals surface area contributed by atoms with Gasteiger partial charge in [-0.1, -0.05) is 30.3 Å². The van der Waals surface area contributed by atoms with Gasteiger partial charge in [-0.05, 0) is 29.8 Å². The van der Waals surface area contributed by atoms with Crippen molar-refractivity contribution >= 4 is 5.97 Å². The topological polar surface area (TPSA) is 88.8 Å². The summed E-state index contributed by atoms with van der Waals surface area (Å²) >= 11 is 0. The number of aliphatic hydroxyl groups is 1. The van der Waals surface area contributed by atoms with E-state index in [1.54, 1.807) is 0 Å². The molecule has 0 spiro atoms. The molecule has 0 atom stereocenters. The van der Waals surface area contributed by atoms with Gasteiger partial charge >= 0.3 is 5.97 Å².